The summed E-state index contributed by atoms with van der Waals surface area (Å²) in [5.41, 5.74) is 10.8. The first-order chi connectivity index (χ1) is 18.0. The summed E-state index contributed by atoms with van der Waals surface area (Å²) < 4.78 is 1.71. The van der Waals surface area contributed by atoms with Gasteiger partial charge in [-0.3, -0.25) is 0 Å². The number of nitrogens with one attached hydrogen (secondary N) is 1. The average molecular weight is 490 g/mol. The summed E-state index contributed by atoms with van der Waals surface area (Å²) >= 11 is 0. The van der Waals surface area contributed by atoms with Gasteiger partial charge >= 0.3 is 0 Å². The largest absolute Gasteiger partial charge is 0.395 e. The Morgan fingerprint density at radius 1 is 1.14 bits per heavy atom. The van der Waals surface area contributed by atoms with Crippen LogP contribution in [0.5, 0.6) is 0 Å². The van der Waals surface area contributed by atoms with Crippen LogP contribution in [0.3, 0.4) is 0 Å². The predicted octanol–water partition coefficient (Wildman–Crippen LogP) is 6.24. The summed E-state index contributed by atoms with van der Waals surface area (Å²) in [6.45, 7) is 12.6. The van der Waals surface area contributed by atoms with E-state index in [1.54, 1.807) is 4.68 Å². The lowest BCUT2D eigenvalue weighted by Crippen LogP contribution is -2.11. The molecule has 0 amide bonds. The molecule has 0 atom stereocenters. The number of nitrogens with zero attached hydrogens (tertiary/aromatic N) is 4. The van der Waals surface area contributed by atoms with Gasteiger partial charge in [-0.25, -0.2) is 9.67 Å². The van der Waals surface area contributed by atoms with E-state index in [2.05, 4.69) is 62.0 Å². The molecule has 2 aromatic heterocycles. The molecular weight excluding hydrogens is 458 g/mol. The van der Waals surface area contributed by atoms with Crippen LogP contribution in [0, 0.1) is 19.8 Å². The average Bonchev–Trinajstić information content (AvgIpc) is 3.83. The van der Waals surface area contributed by atoms with Crippen LogP contribution >= 0.6 is 0 Å². The number of aromatic nitrogens is 4. The minimum Gasteiger partial charge on any atom is -0.395 e. The van der Waals surface area contributed by atoms with Crippen LogP contribution in [-0.2, 0) is 0 Å². The maximum absolute atomic E-state index is 9.43. The number of aryl methyl sites for hydroxylation is 1. The minimum atomic E-state index is 0.0135. The highest BCUT2D eigenvalue weighted by Crippen LogP contribution is 2.48. The second-order valence-corrected chi connectivity index (χ2v) is 9.02. The summed E-state index contributed by atoms with van der Waals surface area (Å²) in [7, 11) is 0. The number of aliphatic hydroxyl groups excluding tert-OH is 1. The molecule has 2 aliphatic carbocycles. The number of anilines is 1. The fourth-order valence-electron chi connectivity index (χ4n) is 4.39. The van der Waals surface area contributed by atoms with Gasteiger partial charge in [0.05, 0.1) is 17.8 Å². The van der Waals surface area contributed by atoms with Crippen molar-refractivity contribution >= 4 is 22.3 Å². The zero-order valence-corrected chi connectivity index (χ0v) is 21.7. The number of allylic oxidation sites excluding steroid dienone is 5. The van der Waals surface area contributed by atoms with Gasteiger partial charge in [-0.05, 0) is 59.9 Å². The summed E-state index contributed by atoms with van der Waals surface area (Å²) in [6, 6.07) is 12.4. The van der Waals surface area contributed by atoms with Gasteiger partial charge in [0, 0.05) is 36.5 Å². The maximum Gasteiger partial charge on any atom is 0.253 e. The van der Waals surface area contributed by atoms with Crippen LogP contribution in [0.4, 0.5) is 5.82 Å². The molecule has 2 radical (unpaired) electrons. The first-order valence-corrected chi connectivity index (χ1v) is 12.7. The topological polar surface area (TPSA) is 75.9 Å². The fraction of sp³-hybridized carbons (Fsp3) is 0.194. The van der Waals surface area contributed by atoms with Crippen molar-refractivity contribution in [2.75, 3.05) is 18.5 Å². The molecule has 6 nitrogen and oxygen atoms in total. The molecule has 0 unspecified atom stereocenters. The zero-order valence-electron chi connectivity index (χ0n) is 21.7. The van der Waals surface area contributed by atoms with Gasteiger partial charge in [-0.1, -0.05) is 61.9 Å². The third-order valence-electron chi connectivity index (χ3n) is 6.10. The molecule has 2 aromatic carbocycles. The highest BCUT2D eigenvalue weighted by molar-refractivity contribution is 6.05. The van der Waals surface area contributed by atoms with Gasteiger partial charge in [0.1, 0.15) is 5.82 Å². The molecule has 6 heteroatoms. The lowest BCUT2D eigenvalue weighted by atomic mass is 9.99. The van der Waals surface area contributed by atoms with E-state index in [0.717, 1.165) is 44.4 Å². The van der Waals surface area contributed by atoms with Crippen molar-refractivity contribution in [2.24, 2.45) is 0 Å². The Kier molecular flexibility index (Phi) is 6.76. The van der Waals surface area contributed by atoms with E-state index in [1.807, 2.05) is 45.2 Å². The van der Waals surface area contributed by atoms with Crippen molar-refractivity contribution in [3.63, 3.8) is 0 Å². The number of hydrogen-bond donors (Lipinski definition) is 2. The van der Waals surface area contributed by atoms with Crippen molar-refractivity contribution in [3.8, 4) is 17.2 Å². The van der Waals surface area contributed by atoms with Gasteiger partial charge in [-0.15, -0.1) is 0 Å². The molecule has 6 rings (SSSR count). The number of aliphatic hydroxyl groups is 1. The predicted molar refractivity (Wildman–Crippen MR) is 151 cm³/mol. The monoisotopic (exact) mass is 489 g/mol. The van der Waals surface area contributed by atoms with Gasteiger partial charge in [0.25, 0.3) is 5.95 Å². The molecule has 4 aromatic rings. The van der Waals surface area contributed by atoms with Crippen LogP contribution in [0.25, 0.3) is 33.7 Å². The molecule has 0 aliphatic heterocycles. The van der Waals surface area contributed by atoms with Crippen molar-refractivity contribution in [1.29, 1.82) is 0 Å². The van der Waals surface area contributed by atoms with E-state index in [0.29, 0.717) is 18.3 Å². The smallest absolute Gasteiger partial charge is 0.253 e. The first-order valence-electron chi connectivity index (χ1n) is 12.7. The van der Waals surface area contributed by atoms with Gasteiger partial charge < -0.3 is 10.4 Å². The zero-order chi connectivity index (χ0) is 26.1. The van der Waals surface area contributed by atoms with Crippen molar-refractivity contribution in [3.05, 3.63) is 108 Å². The number of benzene rings is 2. The van der Waals surface area contributed by atoms with E-state index in [1.165, 1.54) is 16.7 Å². The number of fused-ring (bicyclic) bond motifs is 3. The lowest BCUT2D eigenvalue weighted by Gasteiger charge is -2.12. The van der Waals surface area contributed by atoms with E-state index < -0.39 is 0 Å². The normalized spacial score (nSPS) is 13.4. The quantitative estimate of drug-likeness (QED) is 0.252. The van der Waals surface area contributed by atoms with Gasteiger partial charge in [0.2, 0.25) is 0 Å². The molecule has 0 saturated carbocycles. The molecule has 2 heterocycles. The Balaban J connectivity index is 0.00000137. The Hall–Kier alpha value is -4.03. The first kappa shape index (κ1) is 24.7. The van der Waals surface area contributed by atoms with Crippen molar-refractivity contribution < 1.29 is 5.11 Å². The second kappa shape index (κ2) is 10.1. The SMILES string of the molecule is C=C(C)/C=C(\C1=C[CH]1)c1cc2nc(-n3ccc(-c4cccc(C)c4)n3)nc(NCCO)c2c2c1[CH]2.CC. The van der Waals surface area contributed by atoms with Crippen LogP contribution in [-0.4, -0.2) is 38.0 Å². The van der Waals surface area contributed by atoms with Crippen molar-refractivity contribution in [2.45, 2.75) is 27.7 Å². The van der Waals surface area contributed by atoms with Crippen molar-refractivity contribution in [1.82, 2.24) is 19.7 Å². The molecule has 0 fully saturated rings. The second-order valence-electron chi connectivity index (χ2n) is 9.02. The molecule has 186 valence electrons. The van der Waals surface area contributed by atoms with E-state index >= 15 is 0 Å². The van der Waals surface area contributed by atoms with E-state index in [-0.39, 0.29) is 6.61 Å². The number of hydrogen-bond acceptors (Lipinski definition) is 5. The summed E-state index contributed by atoms with van der Waals surface area (Å²) in [4.78, 5) is 9.72. The molecule has 0 saturated heterocycles. The standard InChI is InChI=1S/C29H25N5O.C2H6/c1-17(2)13-21(19-7-8-19)23-16-26-27(24-15-22(23)24)28(30-10-12-35)32-29(31-26)34-11-9-25(33-34)20-6-4-5-18(3)14-20;1-2/h4-9,11,13-16,35H,1,10,12H2,2-3H3,(H,30,31,32);1-2H3/b21-13+;. The molecule has 2 N–H and O–H groups in total. The maximum atomic E-state index is 9.43. The van der Waals surface area contributed by atoms with Crippen LogP contribution in [0.15, 0.2) is 72.5 Å². The molecule has 37 heavy (non-hydrogen) atoms. The Morgan fingerprint density at radius 2 is 1.95 bits per heavy atom. The molecular formula is C31H31N5O. The Morgan fingerprint density at radius 3 is 2.65 bits per heavy atom. The minimum absolute atomic E-state index is 0.0135. The van der Waals surface area contributed by atoms with Crippen LogP contribution in [0.2, 0.25) is 0 Å². The third-order valence-corrected chi connectivity index (χ3v) is 6.10. The summed E-state index contributed by atoms with van der Waals surface area (Å²) in [5.74, 6) is 1.18. The fourth-order valence-corrected chi connectivity index (χ4v) is 4.39. The van der Waals surface area contributed by atoms with Gasteiger partial charge in [-0.2, -0.15) is 10.1 Å². The third kappa shape index (κ3) is 4.98. The summed E-state index contributed by atoms with van der Waals surface area (Å²) in [5, 5.41) is 18.4. The highest BCUT2D eigenvalue weighted by Gasteiger charge is 2.31. The Labute approximate surface area is 218 Å². The van der Waals surface area contributed by atoms with Gasteiger partial charge in [0.15, 0.2) is 0 Å². The number of rotatable bonds is 8. The summed E-state index contributed by atoms with van der Waals surface area (Å²) in [6.07, 6.45) is 10.4. The Bertz CT molecular complexity index is 1570. The van der Waals surface area contributed by atoms with Crippen LogP contribution in [0.1, 0.15) is 43.0 Å². The molecule has 0 bridgehead atoms. The van der Waals surface area contributed by atoms with E-state index in [4.69, 9.17) is 15.1 Å². The van der Waals surface area contributed by atoms with Crippen LogP contribution < -0.4 is 5.32 Å². The molecule has 0 spiro atoms. The molecule has 2 aliphatic rings. The lowest BCUT2D eigenvalue weighted by molar-refractivity contribution is 0.311. The van der Waals surface area contributed by atoms with E-state index in [9.17, 15) is 5.11 Å². The highest BCUT2D eigenvalue weighted by atomic mass is 16.3.